The van der Waals surface area contributed by atoms with Crippen molar-refractivity contribution in [1.29, 1.82) is 0 Å². The molecule has 1 aromatic heterocycles. The van der Waals surface area contributed by atoms with Gasteiger partial charge in [0.2, 0.25) is 0 Å². The van der Waals surface area contributed by atoms with E-state index in [0.29, 0.717) is 12.0 Å². The second-order valence-corrected chi connectivity index (χ2v) is 4.73. The molecule has 0 saturated carbocycles. The summed E-state index contributed by atoms with van der Waals surface area (Å²) in [5.74, 6) is 0.532. The van der Waals surface area contributed by atoms with Crippen molar-refractivity contribution in [2.24, 2.45) is 5.92 Å². The molecule has 0 amide bonds. The fraction of sp³-hybridized carbons (Fsp3) is 0.333. The smallest absolute Gasteiger partial charge is 0.0769 e. The number of nitrogens with one attached hydrogen (secondary N) is 1. The minimum Gasteiger partial charge on any atom is -0.304 e. The first-order valence-corrected chi connectivity index (χ1v) is 6.32. The largest absolute Gasteiger partial charge is 0.304 e. The van der Waals surface area contributed by atoms with Crippen LogP contribution in [0.3, 0.4) is 0 Å². The molecular formula is C15H19N3. The topological polar surface area (TPSA) is 37.8 Å². The number of hydrogen-bond donors (Lipinski definition) is 1. The van der Waals surface area contributed by atoms with Gasteiger partial charge in [-0.25, -0.2) is 0 Å². The van der Waals surface area contributed by atoms with Crippen molar-refractivity contribution >= 4 is 0 Å². The molecule has 0 spiro atoms. The third-order valence-electron chi connectivity index (χ3n) is 2.96. The van der Waals surface area contributed by atoms with E-state index in [-0.39, 0.29) is 0 Å². The molecule has 0 aliphatic rings. The maximum Gasteiger partial charge on any atom is 0.0769 e. The molecular weight excluding hydrogens is 222 g/mol. The molecule has 3 nitrogen and oxygen atoms in total. The van der Waals surface area contributed by atoms with E-state index >= 15 is 0 Å². The Bertz CT molecular complexity index is 454. The molecule has 0 saturated heterocycles. The van der Waals surface area contributed by atoms with Crippen LogP contribution in [0.4, 0.5) is 0 Å². The van der Waals surface area contributed by atoms with E-state index < -0.39 is 0 Å². The average Bonchev–Trinajstić information content (AvgIpc) is 2.41. The van der Waals surface area contributed by atoms with Crippen molar-refractivity contribution in [2.45, 2.75) is 26.4 Å². The summed E-state index contributed by atoms with van der Waals surface area (Å²) in [6.45, 7) is 5.19. The van der Waals surface area contributed by atoms with E-state index in [0.717, 1.165) is 12.2 Å². The van der Waals surface area contributed by atoms with Crippen LogP contribution in [0.25, 0.3) is 0 Å². The molecule has 0 fully saturated rings. The Morgan fingerprint density at radius 2 is 1.83 bits per heavy atom. The molecule has 3 heteroatoms. The normalized spacial score (nSPS) is 12.6. The Labute approximate surface area is 108 Å². The van der Waals surface area contributed by atoms with Gasteiger partial charge in [0, 0.05) is 18.8 Å². The number of aromatic nitrogens is 2. The second kappa shape index (κ2) is 6.26. The third-order valence-corrected chi connectivity index (χ3v) is 2.96. The van der Waals surface area contributed by atoms with Crippen molar-refractivity contribution in [2.75, 3.05) is 0 Å². The standard InChI is InChI=1S/C15H19N3/c1-12(2)15(13-7-4-3-5-8-13)16-11-14-9-6-10-17-18-14/h3-10,12,15-16H,11H2,1-2H3. The SMILES string of the molecule is CC(C)C(NCc1cccnn1)c1ccccc1. The summed E-state index contributed by atoms with van der Waals surface area (Å²) in [5, 5.41) is 11.5. The van der Waals surface area contributed by atoms with Crippen LogP contribution in [0.5, 0.6) is 0 Å². The summed E-state index contributed by atoms with van der Waals surface area (Å²) >= 11 is 0. The first-order chi connectivity index (χ1) is 8.77. The van der Waals surface area contributed by atoms with Crippen molar-refractivity contribution in [1.82, 2.24) is 15.5 Å². The molecule has 1 atom stereocenters. The van der Waals surface area contributed by atoms with Crippen LogP contribution in [-0.4, -0.2) is 10.2 Å². The van der Waals surface area contributed by atoms with Crippen molar-refractivity contribution in [3.8, 4) is 0 Å². The first-order valence-electron chi connectivity index (χ1n) is 6.32. The van der Waals surface area contributed by atoms with Crippen molar-refractivity contribution in [3.63, 3.8) is 0 Å². The lowest BCUT2D eigenvalue weighted by atomic mass is 9.96. The van der Waals surface area contributed by atoms with Crippen LogP contribution >= 0.6 is 0 Å². The van der Waals surface area contributed by atoms with Gasteiger partial charge in [-0.15, -0.1) is 0 Å². The Balaban J connectivity index is 2.04. The van der Waals surface area contributed by atoms with Crippen LogP contribution in [-0.2, 0) is 6.54 Å². The van der Waals surface area contributed by atoms with Gasteiger partial charge in [0.1, 0.15) is 0 Å². The van der Waals surface area contributed by atoms with Crippen LogP contribution in [0.1, 0.15) is 31.1 Å². The maximum atomic E-state index is 4.09. The maximum absolute atomic E-state index is 4.09. The van der Waals surface area contributed by atoms with Gasteiger partial charge in [0.15, 0.2) is 0 Å². The molecule has 1 aromatic carbocycles. The Hall–Kier alpha value is -1.74. The van der Waals surface area contributed by atoms with Gasteiger partial charge in [0.05, 0.1) is 5.69 Å². The van der Waals surface area contributed by atoms with E-state index in [1.54, 1.807) is 6.20 Å². The molecule has 94 valence electrons. The van der Waals surface area contributed by atoms with Gasteiger partial charge in [-0.3, -0.25) is 0 Å². The predicted octanol–water partition coefficient (Wildman–Crippen LogP) is 2.96. The van der Waals surface area contributed by atoms with Gasteiger partial charge >= 0.3 is 0 Å². The minimum absolute atomic E-state index is 0.341. The van der Waals surface area contributed by atoms with Gasteiger partial charge in [0.25, 0.3) is 0 Å². The number of hydrogen-bond acceptors (Lipinski definition) is 3. The summed E-state index contributed by atoms with van der Waals surface area (Å²) in [4.78, 5) is 0. The lowest BCUT2D eigenvalue weighted by Gasteiger charge is -2.22. The number of nitrogens with zero attached hydrogens (tertiary/aromatic N) is 2. The molecule has 0 aliphatic carbocycles. The Morgan fingerprint density at radius 3 is 2.44 bits per heavy atom. The summed E-state index contributed by atoms with van der Waals surface area (Å²) < 4.78 is 0. The molecule has 2 rings (SSSR count). The molecule has 0 aliphatic heterocycles. The van der Waals surface area contributed by atoms with Crippen LogP contribution < -0.4 is 5.32 Å². The summed E-state index contributed by atoms with van der Waals surface area (Å²) in [6.07, 6.45) is 1.70. The highest BCUT2D eigenvalue weighted by molar-refractivity contribution is 5.19. The molecule has 1 N–H and O–H groups in total. The highest BCUT2D eigenvalue weighted by atomic mass is 15.1. The van der Waals surface area contributed by atoms with Crippen LogP contribution in [0, 0.1) is 5.92 Å². The summed E-state index contributed by atoms with van der Waals surface area (Å²) in [6, 6.07) is 14.8. The van der Waals surface area contributed by atoms with E-state index in [2.05, 4.69) is 53.6 Å². The minimum atomic E-state index is 0.341. The van der Waals surface area contributed by atoms with Gasteiger partial charge < -0.3 is 5.32 Å². The molecule has 1 unspecified atom stereocenters. The molecule has 0 radical (unpaired) electrons. The highest BCUT2D eigenvalue weighted by Gasteiger charge is 2.14. The van der Waals surface area contributed by atoms with Gasteiger partial charge in [-0.05, 0) is 23.6 Å². The second-order valence-electron chi connectivity index (χ2n) is 4.73. The molecule has 1 heterocycles. The van der Waals surface area contributed by atoms with Crippen molar-refractivity contribution in [3.05, 3.63) is 59.9 Å². The fourth-order valence-corrected chi connectivity index (χ4v) is 2.04. The predicted molar refractivity (Wildman–Crippen MR) is 72.9 cm³/mol. The molecule has 2 aromatic rings. The monoisotopic (exact) mass is 241 g/mol. The Morgan fingerprint density at radius 1 is 1.06 bits per heavy atom. The molecule has 18 heavy (non-hydrogen) atoms. The first kappa shape index (κ1) is 12.7. The lowest BCUT2D eigenvalue weighted by molar-refractivity contribution is 0.407. The van der Waals surface area contributed by atoms with E-state index in [1.807, 2.05) is 18.2 Å². The third kappa shape index (κ3) is 3.37. The zero-order chi connectivity index (χ0) is 12.8. The van der Waals surface area contributed by atoms with E-state index in [1.165, 1.54) is 5.56 Å². The van der Waals surface area contributed by atoms with Gasteiger partial charge in [-0.2, -0.15) is 10.2 Å². The average molecular weight is 241 g/mol. The Kier molecular flexibility index (Phi) is 4.42. The van der Waals surface area contributed by atoms with Crippen LogP contribution in [0.15, 0.2) is 48.7 Å². The van der Waals surface area contributed by atoms with E-state index in [9.17, 15) is 0 Å². The lowest BCUT2D eigenvalue weighted by Crippen LogP contribution is -2.25. The number of rotatable bonds is 5. The summed E-state index contributed by atoms with van der Waals surface area (Å²) in [5.41, 5.74) is 2.29. The number of benzene rings is 1. The highest BCUT2D eigenvalue weighted by Crippen LogP contribution is 2.21. The van der Waals surface area contributed by atoms with Gasteiger partial charge in [-0.1, -0.05) is 44.2 Å². The van der Waals surface area contributed by atoms with E-state index in [4.69, 9.17) is 0 Å². The zero-order valence-corrected chi connectivity index (χ0v) is 10.9. The quantitative estimate of drug-likeness (QED) is 0.874. The molecule has 0 bridgehead atoms. The zero-order valence-electron chi connectivity index (χ0n) is 10.9. The van der Waals surface area contributed by atoms with Crippen LogP contribution in [0.2, 0.25) is 0 Å². The summed E-state index contributed by atoms with van der Waals surface area (Å²) in [7, 11) is 0. The van der Waals surface area contributed by atoms with Crippen molar-refractivity contribution < 1.29 is 0 Å². The fourth-order valence-electron chi connectivity index (χ4n) is 2.04.